The van der Waals surface area contributed by atoms with Gasteiger partial charge in [0.1, 0.15) is 5.75 Å². The molecule has 0 spiro atoms. The summed E-state index contributed by atoms with van der Waals surface area (Å²) < 4.78 is 116. The van der Waals surface area contributed by atoms with Gasteiger partial charge in [0.05, 0.1) is 16.8 Å². The SMILES string of the molecule is FC(F)(F)Oc1ccc(-c2ncc(C(F)(F)F)cc2C(F)(F)F)cc1. The molecule has 25 heavy (non-hydrogen) atoms. The van der Waals surface area contributed by atoms with Crippen LogP contribution >= 0.6 is 0 Å². The van der Waals surface area contributed by atoms with Gasteiger partial charge in [-0.3, -0.25) is 4.98 Å². The van der Waals surface area contributed by atoms with Gasteiger partial charge in [0.2, 0.25) is 0 Å². The Bertz CT molecular complexity index is 745. The Morgan fingerprint density at radius 3 is 1.76 bits per heavy atom. The summed E-state index contributed by atoms with van der Waals surface area (Å²) >= 11 is 0. The quantitative estimate of drug-likeness (QED) is 0.630. The van der Waals surface area contributed by atoms with Gasteiger partial charge in [0, 0.05) is 11.8 Å². The first-order valence-corrected chi connectivity index (χ1v) is 6.28. The zero-order chi connectivity index (χ0) is 19.0. The van der Waals surface area contributed by atoms with E-state index in [1.54, 1.807) is 0 Å². The van der Waals surface area contributed by atoms with E-state index in [1.807, 2.05) is 0 Å². The molecule has 0 aliphatic rings. The first-order chi connectivity index (χ1) is 11.3. The van der Waals surface area contributed by atoms with Gasteiger partial charge in [0.15, 0.2) is 0 Å². The van der Waals surface area contributed by atoms with Crippen LogP contribution in [0.4, 0.5) is 39.5 Å². The Kier molecular flexibility index (Phi) is 4.62. The Hall–Kier alpha value is -2.46. The molecular formula is C14H6F9NO. The molecule has 11 heteroatoms. The van der Waals surface area contributed by atoms with E-state index in [1.165, 1.54) is 0 Å². The molecule has 0 bridgehead atoms. The highest BCUT2D eigenvalue weighted by atomic mass is 19.4. The second-order valence-corrected chi connectivity index (χ2v) is 4.69. The van der Waals surface area contributed by atoms with Crippen LogP contribution in [0, 0.1) is 0 Å². The fourth-order valence-electron chi connectivity index (χ4n) is 1.88. The number of hydrogen-bond acceptors (Lipinski definition) is 2. The lowest BCUT2D eigenvalue weighted by Gasteiger charge is -2.15. The second-order valence-electron chi connectivity index (χ2n) is 4.69. The van der Waals surface area contributed by atoms with E-state index < -0.39 is 41.3 Å². The minimum Gasteiger partial charge on any atom is -0.406 e. The molecular weight excluding hydrogens is 369 g/mol. The number of hydrogen-bond donors (Lipinski definition) is 0. The molecule has 2 rings (SSSR count). The Balaban J connectivity index is 2.48. The number of aromatic nitrogens is 1. The smallest absolute Gasteiger partial charge is 0.406 e. The largest absolute Gasteiger partial charge is 0.573 e. The lowest BCUT2D eigenvalue weighted by molar-refractivity contribution is -0.274. The number of pyridine rings is 1. The minimum absolute atomic E-state index is 0.109. The molecule has 0 saturated carbocycles. The van der Waals surface area contributed by atoms with Crippen LogP contribution in [0.15, 0.2) is 36.5 Å². The number of ether oxygens (including phenoxy) is 1. The van der Waals surface area contributed by atoms with Gasteiger partial charge in [0.25, 0.3) is 0 Å². The van der Waals surface area contributed by atoms with Crippen molar-refractivity contribution in [2.45, 2.75) is 18.7 Å². The highest BCUT2D eigenvalue weighted by molar-refractivity contribution is 5.65. The number of nitrogens with zero attached hydrogens (tertiary/aromatic N) is 1. The Morgan fingerprint density at radius 1 is 0.760 bits per heavy atom. The molecule has 0 amide bonds. The number of alkyl halides is 9. The summed E-state index contributed by atoms with van der Waals surface area (Å²) in [7, 11) is 0. The fourth-order valence-corrected chi connectivity index (χ4v) is 1.88. The normalized spacial score (nSPS) is 13.0. The van der Waals surface area contributed by atoms with Crippen LogP contribution in [-0.4, -0.2) is 11.3 Å². The second kappa shape index (κ2) is 6.12. The molecule has 2 aromatic rings. The topological polar surface area (TPSA) is 22.1 Å². The third-order valence-electron chi connectivity index (χ3n) is 2.88. The zero-order valence-electron chi connectivity index (χ0n) is 11.7. The van der Waals surface area contributed by atoms with Crippen LogP contribution in [0.1, 0.15) is 11.1 Å². The molecule has 1 aromatic carbocycles. The molecule has 0 N–H and O–H groups in total. The third-order valence-corrected chi connectivity index (χ3v) is 2.88. The van der Waals surface area contributed by atoms with E-state index in [4.69, 9.17) is 0 Å². The summed E-state index contributed by atoms with van der Waals surface area (Å²) in [5, 5.41) is 0. The van der Waals surface area contributed by atoms with Crippen molar-refractivity contribution in [3.63, 3.8) is 0 Å². The van der Waals surface area contributed by atoms with Crippen LogP contribution in [-0.2, 0) is 12.4 Å². The summed E-state index contributed by atoms with van der Waals surface area (Å²) in [5.41, 5.74) is -4.43. The maximum Gasteiger partial charge on any atom is 0.573 e. The van der Waals surface area contributed by atoms with E-state index in [-0.39, 0.29) is 17.8 Å². The molecule has 0 aliphatic heterocycles. The van der Waals surface area contributed by atoms with Crippen LogP contribution < -0.4 is 4.74 Å². The van der Waals surface area contributed by atoms with E-state index in [9.17, 15) is 39.5 Å². The predicted molar refractivity (Wildman–Crippen MR) is 66.4 cm³/mol. The highest BCUT2D eigenvalue weighted by Crippen LogP contribution is 2.40. The van der Waals surface area contributed by atoms with Crippen LogP contribution in [0.2, 0.25) is 0 Å². The molecule has 0 saturated heterocycles. The average Bonchev–Trinajstić information content (AvgIpc) is 2.44. The van der Waals surface area contributed by atoms with Gasteiger partial charge in [-0.05, 0) is 30.3 Å². The molecule has 0 atom stereocenters. The number of benzene rings is 1. The molecule has 0 fully saturated rings. The molecule has 136 valence electrons. The van der Waals surface area contributed by atoms with Gasteiger partial charge in [-0.2, -0.15) is 26.3 Å². The van der Waals surface area contributed by atoms with E-state index in [0.29, 0.717) is 0 Å². The lowest BCUT2D eigenvalue weighted by Crippen LogP contribution is -2.17. The zero-order valence-corrected chi connectivity index (χ0v) is 11.7. The van der Waals surface area contributed by atoms with Crippen LogP contribution in [0.3, 0.4) is 0 Å². The third kappa shape index (κ3) is 4.77. The highest BCUT2D eigenvalue weighted by Gasteiger charge is 2.39. The van der Waals surface area contributed by atoms with Crippen molar-refractivity contribution in [2.24, 2.45) is 0 Å². The van der Waals surface area contributed by atoms with Crippen molar-refractivity contribution in [2.75, 3.05) is 0 Å². The maximum atomic E-state index is 13.0. The lowest BCUT2D eigenvalue weighted by atomic mass is 10.0. The van der Waals surface area contributed by atoms with Crippen LogP contribution in [0.5, 0.6) is 5.75 Å². The van der Waals surface area contributed by atoms with Gasteiger partial charge >= 0.3 is 18.7 Å². The summed E-state index contributed by atoms with van der Waals surface area (Å²) in [6.07, 6.45) is -15.0. The Labute approximate surface area is 133 Å². The number of halogens is 9. The first kappa shape index (κ1) is 18.9. The predicted octanol–water partition coefficient (Wildman–Crippen LogP) is 5.68. The van der Waals surface area contributed by atoms with E-state index >= 15 is 0 Å². The van der Waals surface area contributed by atoms with Crippen molar-refractivity contribution in [3.05, 3.63) is 47.7 Å². The summed E-state index contributed by atoms with van der Waals surface area (Å²) in [5.74, 6) is -0.697. The summed E-state index contributed by atoms with van der Waals surface area (Å²) in [6, 6.07) is 2.99. The summed E-state index contributed by atoms with van der Waals surface area (Å²) in [6.45, 7) is 0. The van der Waals surface area contributed by atoms with E-state index in [2.05, 4.69) is 9.72 Å². The molecule has 2 nitrogen and oxygen atoms in total. The van der Waals surface area contributed by atoms with Gasteiger partial charge in [-0.25, -0.2) is 0 Å². The molecule has 0 unspecified atom stereocenters. The van der Waals surface area contributed by atoms with Crippen molar-refractivity contribution in [3.8, 4) is 17.0 Å². The molecule has 1 heterocycles. The molecule has 1 aromatic heterocycles. The van der Waals surface area contributed by atoms with Gasteiger partial charge in [-0.1, -0.05) is 0 Å². The fraction of sp³-hybridized carbons (Fsp3) is 0.214. The number of rotatable bonds is 2. The van der Waals surface area contributed by atoms with Gasteiger partial charge in [-0.15, -0.1) is 13.2 Å². The first-order valence-electron chi connectivity index (χ1n) is 6.28. The maximum absolute atomic E-state index is 13.0. The average molecular weight is 375 g/mol. The standard InChI is InChI=1S/C14H6F9NO/c15-12(16,17)8-5-10(13(18,19)20)11(24-6-8)7-1-3-9(4-2-7)25-14(21,22)23/h1-6H. The van der Waals surface area contributed by atoms with Crippen molar-refractivity contribution in [1.29, 1.82) is 0 Å². The monoisotopic (exact) mass is 375 g/mol. The van der Waals surface area contributed by atoms with Gasteiger partial charge < -0.3 is 4.74 Å². The molecule has 0 radical (unpaired) electrons. The molecule has 0 aliphatic carbocycles. The van der Waals surface area contributed by atoms with Crippen molar-refractivity contribution >= 4 is 0 Å². The van der Waals surface area contributed by atoms with Crippen molar-refractivity contribution < 1.29 is 44.3 Å². The Morgan fingerprint density at radius 2 is 1.32 bits per heavy atom. The van der Waals surface area contributed by atoms with Crippen molar-refractivity contribution in [1.82, 2.24) is 4.98 Å². The van der Waals surface area contributed by atoms with E-state index in [0.717, 1.165) is 24.3 Å². The summed E-state index contributed by atoms with van der Waals surface area (Å²) in [4.78, 5) is 3.18. The van der Waals surface area contributed by atoms with Crippen LogP contribution in [0.25, 0.3) is 11.3 Å². The minimum atomic E-state index is -5.15.